The zero-order chi connectivity index (χ0) is 27.4. The SMILES string of the molecule is CC(C)(C)c1ccc(C(=O)NC(C=O)Cc2ccc(-c3ncc(-c4ccc5ccccc5c4)cn3)cc2)cc1. The molecule has 0 saturated heterocycles. The first-order valence-electron chi connectivity index (χ1n) is 13.1. The zero-order valence-electron chi connectivity index (χ0n) is 22.4. The van der Waals surface area contributed by atoms with Crippen molar-refractivity contribution in [3.05, 3.63) is 120 Å². The Morgan fingerprint density at radius 2 is 1.44 bits per heavy atom. The van der Waals surface area contributed by atoms with Crippen LogP contribution in [0.15, 0.2) is 103 Å². The minimum Gasteiger partial charge on any atom is -0.342 e. The number of nitrogens with one attached hydrogen (secondary N) is 1. The number of hydrogen-bond donors (Lipinski definition) is 1. The molecule has 1 heterocycles. The van der Waals surface area contributed by atoms with E-state index in [-0.39, 0.29) is 11.3 Å². The van der Waals surface area contributed by atoms with Gasteiger partial charge < -0.3 is 10.1 Å². The van der Waals surface area contributed by atoms with E-state index in [0.717, 1.165) is 34.1 Å². The minimum absolute atomic E-state index is 0.0107. The quantitative estimate of drug-likeness (QED) is 0.243. The van der Waals surface area contributed by atoms with Crippen LogP contribution in [0.2, 0.25) is 0 Å². The fourth-order valence-corrected chi connectivity index (χ4v) is 4.55. The van der Waals surface area contributed by atoms with Crippen LogP contribution >= 0.6 is 0 Å². The third-order valence-electron chi connectivity index (χ3n) is 6.90. The Morgan fingerprint density at radius 3 is 2.08 bits per heavy atom. The Morgan fingerprint density at radius 1 is 0.795 bits per heavy atom. The number of amides is 1. The molecule has 0 fully saturated rings. The van der Waals surface area contributed by atoms with Crippen molar-refractivity contribution in [3.8, 4) is 22.5 Å². The molecule has 5 rings (SSSR count). The molecule has 5 aromatic rings. The van der Waals surface area contributed by atoms with E-state index in [4.69, 9.17) is 0 Å². The van der Waals surface area contributed by atoms with Crippen LogP contribution < -0.4 is 5.32 Å². The van der Waals surface area contributed by atoms with Crippen molar-refractivity contribution in [2.24, 2.45) is 0 Å². The van der Waals surface area contributed by atoms with Gasteiger partial charge >= 0.3 is 0 Å². The largest absolute Gasteiger partial charge is 0.342 e. The molecule has 4 aromatic carbocycles. The van der Waals surface area contributed by atoms with E-state index < -0.39 is 6.04 Å². The molecular weight excluding hydrogens is 482 g/mol. The number of rotatable bonds is 7. The summed E-state index contributed by atoms with van der Waals surface area (Å²) >= 11 is 0. The number of nitrogens with zero attached hydrogens (tertiary/aromatic N) is 2. The summed E-state index contributed by atoms with van der Waals surface area (Å²) in [7, 11) is 0. The van der Waals surface area contributed by atoms with Gasteiger partial charge in [0.05, 0.1) is 6.04 Å². The number of aromatic nitrogens is 2. The predicted molar refractivity (Wildman–Crippen MR) is 157 cm³/mol. The van der Waals surface area contributed by atoms with Crippen LogP contribution in [0.1, 0.15) is 42.3 Å². The molecule has 39 heavy (non-hydrogen) atoms. The first-order chi connectivity index (χ1) is 18.8. The van der Waals surface area contributed by atoms with Crippen LogP contribution in [0.3, 0.4) is 0 Å². The molecule has 0 radical (unpaired) electrons. The number of aldehydes is 1. The summed E-state index contributed by atoms with van der Waals surface area (Å²) in [5.74, 6) is 0.370. The highest BCUT2D eigenvalue weighted by Crippen LogP contribution is 2.25. The lowest BCUT2D eigenvalue weighted by molar-refractivity contribution is -0.109. The highest BCUT2D eigenvalue weighted by molar-refractivity contribution is 5.95. The molecular formula is C34H31N3O2. The van der Waals surface area contributed by atoms with Gasteiger partial charge in [0.25, 0.3) is 5.91 Å². The third-order valence-corrected chi connectivity index (χ3v) is 6.90. The standard InChI is InChI=1S/C34H31N3O2/c1-34(2,3)30-16-14-26(15-17-30)33(39)37-31(22-38)18-23-8-10-25(11-9-23)32-35-20-29(21-36-32)28-13-12-24-6-4-5-7-27(24)19-28/h4-17,19-22,31H,18H2,1-3H3,(H,37,39). The number of carbonyl (C=O) groups excluding carboxylic acids is 2. The summed E-state index contributed by atoms with van der Waals surface area (Å²) in [4.78, 5) is 33.6. The molecule has 194 valence electrons. The summed E-state index contributed by atoms with van der Waals surface area (Å²) in [6.07, 6.45) is 4.86. The molecule has 1 unspecified atom stereocenters. The Kier molecular flexibility index (Phi) is 7.33. The van der Waals surface area contributed by atoms with E-state index in [0.29, 0.717) is 17.8 Å². The van der Waals surface area contributed by atoms with Gasteiger partial charge in [0, 0.05) is 29.1 Å². The molecule has 5 heteroatoms. The Hall–Kier alpha value is -4.64. The predicted octanol–water partition coefficient (Wildman–Crippen LogP) is 6.80. The van der Waals surface area contributed by atoms with Crippen molar-refractivity contribution >= 4 is 23.0 Å². The second kappa shape index (κ2) is 11.0. The van der Waals surface area contributed by atoms with E-state index in [9.17, 15) is 9.59 Å². The van der Waals surface area contributed by atoms with Gasteiger partial charge in [-0.25, -0.2) is 9.97 Å². The van der Waals surface area contributed by atoms with E-state index in [1.807, 2.05) is 60.9 Å². The van der Waals surface area contributed by atoms with E-state index in [1.54, 1.807) is 12.1 Å². The molecule has 0 aliphatic carbocycles. The van der Waals surface area contributed by atoms with Crippen molar-refractivity contribution < 1.29 is 9.59 Å². The molecule has 1 amide bonds. The molecule has 0 spiro atoms. The number of fused-ring (bicyclic) bond motifs is 1. The van der Waals surface area contributed by atoms with Crippen LogP contribution in [0.25, 0.3) is 33.3 Å². The zero-order valence-corrected chi connectivity index (χ0v) is 22.4. The van der Waals surface area contributed by atoms with Gasteiger partial charge in [0.2, 0.25) is 0 Å². The molecule has 0 aliphatic rings. The average molecular weight is 514 g/mol. The maximum absolute atomic E-state index is 12.7. The fourth-order valence-electron chi connectivity index (χ4n) is 4.55. The second-order valence-corrected chi connectivity index (χ2v) is 10.8. The molecule has 0 saturated carbocycles. The normalized spacial score (nSPS) is 12.2. The van der Waals surface area contributed by atoms with Gasteiger partial charge in [-0.3, -0.25) is 4.79 Å². The van der Waals surface area contributed by atoms with Crippen molar-refractivity contribution in [3.63, 3.8) is 0 Å². The van der Waals surface area contributed by atoms with Crippen LogP contribution in [-0.2, 0) is 16.6 Å². The summed E-state index contributed by atoms with van der Waals surface area (Å²) < 4.78 is 0. The highest BCUT2D eigenvalue weighted by Gasteiger charge is 2.17. The van der Waals surface area contributed by atoms with Gasteiger partial charge in [-0.1, -0.05) is 93.6 Å². The summed E-state index contributed by atoms with van der Waals surface area (Å²) in [5, 5.41) is 5.21. The average Bonchev–Trinajstić information content (AvgIpc) is 2.96. The molecule has 1 atom stereocenters. The molecule has 0 bridgehead atoms. The summed E-state index contributed by atoms with van der Waals surface area (Å²) in [6, 6.07) is 29.3. The first kappa shape index (κ1) is 26.0. The second-order valence-electron chi connectivity index (χ2n) is 10.8. The van der Waals surface area contributed by atoms with Crippen molar-refractivity contribution in [2.45, 2.75) is 38.6 Å². The lowest BCUT2D eigenvalue weighted by Crippen LogP contribution is -2.37. The van der Waals surface area contributed by atoms with Crippen LogP contribution in [0, 0.1) is 0 Å². The van der Waals surface area contributed by atoms with Crippen LogP contribution in [0.4, 0.5) is 0 Å². The Bertz CT molecular complexity index is 1600. The van der Waals surface area contributed by atoms with Crippen LogP contribution in [-0.4, -0.2) is 28.2 Å². The summed E-state index contributed by atoms with van der Waals surface area (Å²) in [6.45, 7) is 6.38. The maximum Gasteiger partial charge on any atom is 0.251 e. The molecule has 0 aliphatic heterocycles. The van der Waals surface area contributed by atoms with E-state index in [1.165, 1.54) is 10.8 Å². The van der Waals surface area contributed by atoms with E-state index in [2.05, 4.69) is 66.4 Å². The van der Waals surface area contributed by atoms with Crippen LogP contribution in [0.5, 0.6) is 0 Å². The van der Waals surface area contributed by atoms with Crippen molar-refractivity contribution in [2.75, 3.05) is 0 Å². The van der Waals surface area contributed by atoms with Gasteiger partial charge in [-0.15, -0.1) is 0 Å². The Balaban J connectivity index is 1.23. The third kappa shape index (κ3) is 6.10. The van der Waals surface area contributed by atoms with Gasteiger partial charge in [-0.05, 0) is 57.5 Å². The van der Waals surface area contributed by atoms with Crippen molar-refractivity contribution in [1.82, 2.24) is 15.3 Å². The van der Waals surface area contributed by atoms with Gasteiger partial charge in [0.1, 0.15) is 6.29 Å². The van der Waals surface area contributed by atoms with E-state index >= 15 is 0 Å². The minimum atomic E-state index is -0.622. The molecule has 5 nitrogen and oxygen atoms in total. The van der Waals surface area contributed by atoms with Gasteiger partial charge in [-0.2, -0.15) is 0 Å². The summed E-state index contributed by atoms with van der Waals surface area (Å²) in [5.41, 5.74) is 5.55. The fraction of sp³-hybridized carbons (Fsp3) is 0.176. The topological polar surface area (TPSA) is 72.0 Å². The number of benzene rings is 4. The molecule has 1 aromatic heterocycles. The molecule has 1 N–H and O–H groups in total. The van der Waals surface area contributed by atoms with Gasteiger partial charge in [0.15, 0.2) is 5.82 Å². The maximum atomic E-state index is 12.7. The lowest BCUT2D eigenvalue weighted by Gasteiger charge is -2.19. The van der Waals surface area contributed by atoms with Crippen molar-refractivity contribution in [1.29, 1.82) is 0 Å². The smallest absolute Gasteiger partial charge is 0.251 e. The number of carbonyl (C=O) groups is 2. The first-order valence-corrected chi connectivity index (χ1v) is 13.1. The monoisotopic (exact) mass is 513 g/mol. The Labute approximate surface area is 229 Å². The lowest BCUT2D eigenvalue weighted by atomic mass is 9.86. The number of hydrogen-bond acceptors (Lipinski definition) is 4. The highest BCUT2D eigenvalue weighted by atomic mass is 16.2.